The van der Waals surface area contributed by atoms with Crippen LogP contribution in [0, 0.1) is 5.92 Å². The first-order valence-electron chi connectivity index (χ1n) is 5.69. The zero-order valence-electron chi connectivity index (χ0n) is 10.1. The van der Waals surface area contributed by atoms with E-state index in [0.717, 1.165) is 24.1 Å². The van der Waals surface area contributed by atoms with Gasteiger partial charge in [0, 0.05) is 24.1 Å². The van der Waals surface area contributed by atoms with Crippen LogP contribution in [0.2, 0.25) is 0 Å². The highest BCUT2D eigenvalue weighted by Crippen LogP contribution is 2.14. The molecule has 1 aromatic rings. The number of hydrogen-bond donors (Lipinski definition) is 0. The van der Waals surface area contributed by atoms with Gasteiger partial charge in [0.05, 0.1) is 0 Å². The Bertz CT molecular complexity index is 333. The predicted molar refractivity (Wildman–Crippen MR) is 74.5 cm³/mol. The van der Waals surface area contributed by atoms with Gasteiger partial charge in [0.2, 0.25) is 0 Å². The van der Waals surface area contributed by atoms with Crippen molar-refractivity contribution >= 4 is 15.9 Å². The molecule has 0 saturated heterocycles. The third-order valence-electron chi connectivity index (χ3n) is 2.31. The molecule has 1 nitrogen and oxygen atoms in total. The van der Waals surface area contributed by atoms with Crippen molar-refractivity contribution < 1.29 is 0 Å². The van der Waals surface area contributed by atoms with Crippen LogP contribution in [0.3, 0.4) is 0 Å². The minimum atomic E-state index is 0.687. The molecule has 88 valence electrons. The van der Waals surface area contributed by atoms with Crippen molar-refractivity contribution in [3.05, 3.63) is 47.0 Å². The maximum Gasteiger partial charge on any atom is 0.0237 e. The van der Waals surface area contributed by atoms with Gasteiger partial charge in [-0.3, -0.25) is 4.90 Å². The van der Waals surface area contributed by atoms with Gasteiger partial charge in [0.25, 0.3) is 0 Å². The first-order chi connectivity index (χ1) is 7.61. The first-order valence-corrected chi connectivity index (χ1v) is 6.49. The van der Waals surface area contributed by atoms with Gasteiger partial charge in [-0.05, 0) is 23.6 Å². The number of rotatable bonds is 6. The summed E-state index contributed by atoms with van der Waals surface area (Å²) >= 11 is 3.50. The maximum atomic E-state index is 3.82. The molecule has 0 aliphatic rings. The summed E-state index contributed by atoms with van der Waals surface area (Å²) < 4.78 is 1.15. The third-order valence-corrected chi connectivity index (χ3v) is 2.80. The lowest BCUT2D eigenvalue weighted by Gasteiger charge is -2.22. The summed E-state index contributed by atoms with van der Waals surface area (Å²) in [6, 6.07) is 8.49. The second-order valence-electron chi connectivity index (χ2n) is 4.51. The predicted octanol–water partition coefficient (Wildman–Crippen LogP) is 4.09. The van der Waals surface area contributed by atoms with Gasteiger partial charge in [-0.1, -0.05) is 48.0 Å². The second-order valence-corrected chi connectivity index (χ2v) is 5.42. The molecule has 0 aromatic heterocycles. The van der Waals surface area contributed by atoms with Crippen LogP contribution in [0.1, 0.15) is 19.4 Å². The Morgan fingerprint density at radius 3 is 2.75 bits per heavy atom. The molecule has 0 N–H and O–H groups in total. The highest BCUT2D eigenvalue weighted by molar-refractivity contribution is 9.10. The first kappa shape index (κ1) is 13.5. The van der Waals surface area contributed by atoms with Gasteiger partial charge in [0.1, 0.15) is 0 Å². The minimum absolute atomic E-state index is 0.687. The summed E-state index contributed by atoms with van der Waals surface area (Å²) in [5, 5.41) is 0. The lowest BCUT2D eigenvalue weighted by Crippen LogP contribution is -2.27. The largest absolute Gasteiger partial charge is 0.295 e. The molecule has 16 heavy (non-hydrogen) atoms. The molecular formula is C14H20BrN. The van der Waals surface area contributed by atoms with Crippen molar-refractivity contribution in [2.75, 3.05) is 13.1 Å². The van der Waals surface area contributed by atoms with E-state index in [1.807, 2.05) is 6.08 Å². The maximum absolute atomic E-state index is 3.82. The summed E-state index contributed by atoms with van der Waals surface area (Å²) in [5.41, 5.74) is 1.34. The molecule has 1 rings (SSSR count). The summed E-state index contributed by atoms with van der Waals surface area (Å²) in [5.74, 6) is 0.687. The Kier molecular flexibility index (Phi) is 5.78. The smallest absolute Gasteiger partial charge is 0.0237 e. The number of hydrogen-bond acceptors (Lipinski definition) is 1. The Morgan fingerprint density at radius 2 is 2.19 bits per heavy atom. The Balaban J connectivity index is 2.63. The van der Waals surface area contributed by atoms with Crippen LogP contribution in [-0.4, -0.2) is 18.0 Å². The van der Waals surface area contributed by atoms with Crippen LogP contribution in [0.25, 0.3) is 0 Å². The number of halogens is 1. The van der Waals surface area contributed by atoms with E-state index in [1.54, 1.807) is 0 Å². The van der Waals surface area contributed by atoms with E-state index in [4.69, 9.17) is 0 Å². The van der Waals surface area contributed by atoms with Crippen LogP contribution in [0.15, 0.2) is 41.4 Å². The molecule has 0 atom stereocenters. The van der Waals surface area contributed by atoms with E-state index in [-0.39, 0.29) is 0 Å². The van der Waals surface area contributed by atoms with E-state index in [0.29, 0.717) is 5.92 Å². The molecule has 0 bridgehead atoms. The van der Waals surface area contributed by atoms with Crippen LogP contribution >= 0.6 is 15.9 Å². The molecule has 2 heteroatoms. The Morgan fingerprint density at radius 1 is 1.44 bits per heavy atom. The number of nitrogens with zero attached hydrogens (tertiary/aromatic N) is 1. The third kappa shape index (κ3) is 4.95. The average Bonchev–Trinajstić information content (AvgIpc) is 2.16. The fourth-order valence-corrected chi connectivity index (χ4v) is 2.24. The molecule has 0 spiro atoms. The molecule has 0 unspecified atom stereocenters. The molecule has 0 saturated carbocycles. The molecule has 1 aromatic carbocycles. The topological polar surface area (TPSA) is 3.24 Å². The van der Waals surface area contributed by atoms with Gasteiger partial charge in [-0.2, -0.15) is 0 Å². The summed E-state index contributed by atoms with van der Waals surface area (Å²) in [7, 11) is 0. The SMILES string of the molecule is C=CCN(Cc1cccc(Br)c1)CC(C)C. The van der Waals surface area contributed by atoms with Gasteiger partial charge >= 0.3 is 0 Å². The normalized spacial score (nSPS) is 11.1. The molecular weight excluding hydrogens is 262 g/mol. The van der Waals surface area contributed by atoms with Crippen molar-refractivity contribution in [2.45, 2.75) is 20.4 Å². The Hall–Kier alpha value is -0.600. The summed E-state index contributed by atoms with van der Waals surface area (Å²) in [6.45, 7) is 11.4. The van der Waals surface area contributed by atoms with E-state index < -0.39 is 0 Å². The standard InChI is InChI=1S/C14H20BrN/c1-4-8-16(10-12(2)3)11-13-6-5-7-14(15)9-13/h4-7,9,12H,1,8,10-11H2,2-3H3. The number of benzene rings is 1. The fraction of sp³-hybridized carbons (Fsp3) is 0.429. The highest BCUT2D eigenvalue weighted by Gasteiger charge is 2.06. The quantitative estimate of drug-likeness (QED) is 0.710. The molecule has 0 fully saturated rings. The molecule has 0 heterocycles. The zero-order chi connectivity index (χ0) is 12.0. The monoisotopic (exact) mass is 281 g/mol. The van der Waals surface area contributed by atoms with Crippen molar-refractivity contribution in [1.29, 1.82) is 0 Å². The Labute approximate surface area is 107 Å². The summed E-state index contributed by atoms with van der Waals surface area (Å²) in [6.07, 6.45) is 1.97. The summed E-state index contributed by atoms with van der Waals surface area (Å²) in [4.78, 5) is 2.42. The van der Waals surface area contributed by atoms with Crippen LogP contribution in [0.4, 0.5) is 0 Å². The van der Waals surface area contributed by atoms with Crippen molar-refractivity contribution in [2.24, 2.45) is 5.92 Å². The van der Waals surface area contributed by atoms with E-state index >= 15 is 0 Å². The molecule has 0 radical (unpaired) electrons. The molecule has 0 aliphatic heterocycles. The van der Waals surface area contributed by atoms with Crippen LogP contribution in [0.5, 0.6) is 0 Å². The molecule has 0 aliphatic carbocycles. The van der Waals surface area contributed by atoms with Gasteiger partial charge in [-0.15, -0.1) is 6.58 Å². The molecule has 0 amide bonds. The van der Waals surface area contributed by atoms with Gasteiger partial charge in [-0.25, -0.2) is 0 Å². The van der Waals surface area contributed by atoms with Crippen molar-refractivity contribution in [3.8, 4) is 0 Å². The van der Waals surface area contributed by atoms with Gasteiger partial charge in [0.15, 0.2) is 0 Å². The van der Waals surface area contributed by atoms with Crippen LogP contribution < -0.4 is 0 Å². The lowest BCUT2D eigenvalue weighted by atomic mass is 10.1. The van der Waals surface area contributed by atoms with Crippen molar-refractivity contribution in [1.82, 2.24) is 4.90 Å². The minimum Gasteiger partial charge on any atom is -0.295 e. The van der Waals surface area contributed by atoms with Gasteiger partial charge < -0.3 is 0 Å². The highest BCUT2D eigenvalue weighted by atomic mass is 79.9. The van der Waals surface area contributed by atoms with E-state index in [1.165, 1.54) is 5.56 Å². The van der Waals surface area contributed by atoms with Crippen molar-refractivity contribution in [3.63, 3.8) is 0 Å². The second kappa shape index (κ2) is 6.87. The van der Waals surface area contributed by atoms with E-state index in [2.05, 4.69) is 65.5 Å². The zero-order valence-corrected chi connectivity index (χ0v) is 11.7. The fourth-order valence-electron chi connectivity index (χ4n) is 1.80. The lowest BCUT2D eigenvalue weighted by molar-refractivity contribution is 0.261. The van der Waals surface area contributed by atoms with Crippen LogP contribution in [-0.2, 0) is 6.54 Å². The van der Waals surface area contributed by atoms with E-state index in [9.17, 15) is 0 Å². The average molecular weight is 282 g/mol.